The highest BCUT2D eigenvalue weighted by Gasteiger charge is 2.22. The van der Waals surface area contributed by atoms with E-state index in [0.29, 0.717) is 24.6 Å². The Kier molecular flexibility index (Phi) is 5.37. The SMILES string of the molecule is Cc1cccc(N2CCN(C(=O)CCc3nc(-c4ccccc4)no3)CC2)c1. The lowest BCUT2D eigenvalue weighted by molar-refractivity contribution is -0.131. The van der Waals surface area contributed by atoms with Crippen molar-refractivity contribution < 1.29 is 9.32 Å². The minimum Gasteiger partial charge on any atom is -0.368 e. The molecule has 28 heavy (non-hydrogen) atoms. The van der Waals surface area contributed by atoms with Crippen LogP contribution in [0.4, 0.5) is 5.69 Å². The fourth-order valence-corrected chi connectivity index (χ4v) is 3.47. The maximum Gasteiger partial charge on any atom is 0.227 e. The number of carbonyl (C=O) groups excluding carboxylic acids is 1. The fraction of sp³-hybridized carbons (Fsp3) is 0.318. The molecule has 0 radical (unpaired) electrons. The highest BCUT2D eigenvalue weighted by molar-refractivity contribution is 5.76. The molecule has 0 saturated carbocycles. The summed E-state index contributed by atoms with van der Waals surface area (Å²) in [6.07, 6.45) is 0.859. The Morgan fingerprint density at radius 3 is 2.57 bits per heavy atom. The van der Waals surface area contributed by atoms with Crippen LogP contribution in [0.15, 0.2) is 59.1 Å². The lowest BCUT2D eigenvalue weighted by Crippen LogP contribution is -2.48. The molecule has 0 N–H and O–H groups in total. The van der Waals surface area contributed by atoms with Crippen LogP contribution in [0.25, 0.3) is 11.4 Å². The number of hydrogen-bond acceptors (Lipinski definition) is 5. The van der Waals surface area contributed by atoms with Crippen LogP contribution >= 0.6 is 0 Å². The molecule has 1 amide bonds. The van der Waals surface area contributed by atoms with E-state index in [4.69, 9.17) is 4.52 Å². The van der Waals surface area contributed by atoms with Crippen LogP contribution < -0.4 is 4.90 Å². The van der Waals surface area contributed by atoms with Crippen LogP contribution in [-0.4, -0.2) is 47.1 Å². The molecule has 1 aliphatic heterocycles. The average Bonchev–Trinajstić information content (AvgIpc) is 3.22. The molecule has 2 heterocycles. The summed E-state index contributed by atoms with van der Waals surface area (Å²) in [5.74, 6) is 1.21. The predicted molar refractivity (Wildman–Crippen MR) is 108 cm³/mol. The van der Waals surface area contributed by atoms with Gasteiger partial charge in [0.2, 0.25) is 17.6 Å². The van der Waals surface area contributed by atoms with E-state index in [0.717, 1.165) is 31.7 Å². The third-order valence-corrected chi connectivity index (χ3v) is 5.05. The van der Waals surface area contributed by atoms with E-state index in [1.165, 1.54) is 11.3 Å². The van der Waals surface area contributed by atoms with Crippen molar-refractivity contribution in [2.24, 2.45) is 0 Å². The number of anilines is 1. The van der Waals surface area contributed by atoms with Gasteiger partial charge in [0.1, 0.15) is 0 Å². The molecular weight excluding hydrogens is 352 g/mol. The van der Waals surface area contributed by atoms with Crippen molar-refractivity contribution in [3.8, 4) is 11.4 Å². The summed E-state index contributed by atoms with van der Waals surface area (Å²) < 4.78 is 5.30. The van der Waals surface area contributed by atoms with Gasteiger partial charge in [0.05, 0.1) is 0 Å². The Balaban J connectivity index is 1.28. The second-order valence-electron chi connectivity index (χ2n) is 7.08. The first-order chi connectivity index (χ1) is 13.7. The van der Waals surface area contributed by atoms with E-state index in [9.17, 15) is 4.79 Å². The monoisotopic (exact) mass is 376 g/mol. The zero-order valence-corrected chi connectivity index (χ0v) is 16.0. The Bertz CT molecular complexity index is 930. The van der Waals surface area contributed by atoms with Gasteiger partial charge in [-0.25, -0.2) is 0 Å². The van der Waals surface area contributed by atoms with Crippen molar-refractivity contribution in [3.05, 3.63) is 66.1 Å². The largest absolute Gasteiger partial charge is 0.368 e. The number of hydrogen-bond donors (Lipinski definition) is 0. The van der Waals surface area contributed by atoms with Crippen molar-refractivity contribution in [3.63, 3.8) is 0 Å². The van der Waals surface area contributed by atoms with Gasteiger partial charge in [-0.2, -0.15) is 4.98 Å². The number of benzene rings is 2. The highest BCUT2D eigenvalue weighted by Crippen LogP contribution is 2.19. The molecular formula is C22H24N4O2. The highest BCUT2D eigenvalue weighted by atomic mass is 16.5. The minimum atomic E-state index is 0.142. The molecule has 1 aromatic heterocycles. The zero-order valence-electron chi connectivity index (χ0n) is 16.0. The first-order valence-electron chi connectivity index (χ1n) is 9.66. The predicted octanol–water partition coefficient (Wildman–Crippen LogP) is 3.33. The van der Waals surface area contributed by atoms with E-state index < -0.39 is 0 Å². The molecule has 0 bridgehead atoms. The van der Waals surface area contributed by atoms with Crippen LogP contribution in [0.3, 0.4) is 0 Å². The molecule has 6 heteroatoms. The number of nitrogens with zero attached hydrogens (tertiary/aromatic N) is 4. The summed E-state index contributed by atoms with van der Waals surface area (Å²) in [6.45, 7) is 5.30. The zero-order chi connectivity index (χ0) is 19.3. The molecule has 2 aromatic carbocycles. The third-order valence-electron chi connectivity index (χ3n) is 5.05. The summed E-state index contributed by atoms with van der Waals surface area (Å²) in [5, 5.41) is 4.01. The number of aromatic nitrogens is 2. The van der Waals surface area contributed by atoms with E-state index in [2.05, 4.69) is 46.2 Å². The summed E-state index contributed by atoms with van der Waals surface area (Å²) in [7, 11) is 0. The normalized spacial score (nSPS) is 14.3. The van der Waals surface area contributed by atoms with Crippen molar-refractivity contribution >= 4 is 11.6 Å². The molecule has 3 aromatic rings. The molecule has 0 spiro atoms. The van der Waals surface area contributed by atoms with Crippen molar-refractivity contribution in [2.45, 2.75) is 19.8 Å². The molecule has 0 unspecified atom stereocenters. The molecule has 4 rings (SSSR count). The lowest BCUT2D eigenvalue weighted by atomic mass is 10.2. The standard InChI is InChI=1S/C22H24N4O2/c1-17-6-5-9-19(16-17)25-12-14-26(15-13-25)21(27)11-10-20-23-22(24-28-20)18-7-3-2-4-8-18/h2-9,16H,10-15H2,1H3. The molecule has 144 valence electrons. The second-order valence-corrected chi connectivity index (χ2v) is 7.08. The topological polar surface area (TPSA) is 62.5 Å². The van der Waals surface area contributed by atoms with E-state index in [1.807, 2.05) is 35.2 Å². The van der Waals surface area contributed by atoms with Gasteiger partial charge in [-0.05, 0) is 24.6 Å². The van der Waals surface area contributed by atoms with Crippen molar-refractivity contribution in [1.82, 2.24) is 15.0 Å². The van der Waals surface area contributed by atoms with Gasteiger partial charge in [0.25, 0.3) is 0 Å². The van der Waals surface area contributed by atoms with Gasteiger partial charge >= 0.3 is 0 Å². The Hall–Kier alpha value is -3.15. The summed E-state index contributed by atoms with van der Waals surface area (Å²) in [4.78, 5) is 21.2. The van der Waals surface area contributed by atoms with E-state index >= 15 is 0 Å². The maximum atomic E-state index is 12.6. The quantitative estimate of drug-likeness (QED) is 0.684. The molecule has 1 aliphatic rings. The van der Waals surface area contributed by atoms with Crippen LogP contribution in [0, 0.1) is 6.92 Å². The van der Waals surface area contributed by atoms with Gasteiger partial charge < -0.3 is 14.3 Å². The van der Waals surface area contributed by atoms with Crippen LogP contribution in [0.2, 0.25) is 0 Å². The Morgan fingerprint density at radius 1 is 1.04 bits per heavy atom. The smallest absolute Gasteiger partial charge is 0.227 e. The number of rotatable bonds is 5. The van der Waals surface area contributed by atoms with E-state index in [1.54, 1.807) is 0 Å². The summed E-state index contributed by atoms with van der Waals surface area (Å²) in [6, 6.07) is 18.2. The molecule has 0 atom stereocenters. The minimum absolute atomic E-state index is 0.142. The van der Waals surface area contributed by atoms with Crippen molar-refractivity contribution in [2.75, 3.05) is 31.1 Å². The number of amides is 1. The van der Waals surface area contributed by atoms with Crippen molar-refractivity contribution in [1.29, 1.82) is 0 Å². The number of aryl methyl sites for hydroxylation is 2. The van der Waals surface area contributed by atoms with Gasteiger partial charge in [-0.1, -0.05) is 47.6 Å². The summed E-state index contributed by atoms with van der Waals surface area (Å²) >= 11 is 0. The fourth-order valence-electron chi connectivity index (χ4n) is 3.47. The lowest BCUT2D eigenvalue weighted by Gasteiger charge is -2.36. The van der Waals surface area contributed by atoms with Gasteiger partial charge in [0.15, 0.2) is 0 Å². The Labute approximate surface area is 164 Å². The molecule has 1 fully saturated rings. The first-order valence-corrected chi connectivity index (χ1v) is 9.66. The molecule has 1 saturated heterocycles. The second kappa shape index (κ2) is 8.25. The van der Waals surface area contributed by atoms with Crippen LogP contribution in [-0.2, 0) is 11.2 Å². The summed E-state index contributed by atoms with van der Waals surface area (Å²) in [5.41, 5.74) is 3.40. The maximum absolute atomic E-state index is 12.6. The number of piperazine rings is 1. The first kappa shape index (κ1) is 18.2. The molecule has 0 aliphatic carbocycles. The third kappa shape index (κ3) is 4.22. The Morgan fingerprint density at radius 2 is 1.82 bits per heavy atom. The van der Waals surface area contributed by atoms with Crippen LogP contribution in [0.5, 0.6) is 0 Å². The average molecular weight is 376 g/mol. The van der Waals surface area contributed by atoms with Gasteiger partial charge in [-0.15, -0.1) is 0 Å². The molecule has 6 nitrogen and oxygen atoms in total. The van der Waals surface area contributed by atoms with Gasteiger partial charge in [-0.3, -0.25) is 4.79 Å². The number of carbonyl (C=O) groups is 1. The van der Waals surface area contributed by atoms with Crippen LogP contribution in [0.1, 0.15) is 17.9 Å². The van der Waals surface area contributed by atoms with E-state index in [-0.39, 0.29) is 5.91 Å². The van der Waals surface area contributed by atoms with Gasteiger partial charge in [0, 0.05) is 50.3 Å².